The zero-order valence-electron chi connectivity index (χ0n) is 8.95. The zero-order chi connectivity index (χ0) is 13.1. The van der Waals surface area contributed by atoms with Crippen molar-refractivity contribution in [2.24, 2.45) is 0 Å². The van der Waals surface area contributed by atoms with Crippen molar-refractivity contribution >= 4 is 50.7 Å². The molecule has 3 nitrogen and oxygen atoms in total. The van der Waals surface area contributed by atoms with Gasteiger partial charge in [0.05, 0.1) is 15.6 Å². The van der Waals surface area contributed by atoms with Gasteiger partial charge in [0.15, 0.2) is 0 Å². The molecule has 0 saturated carbocycles. The molecule has 1 aromatic heterocycles. The summed E-state index contributed by atoms with van der Waals surface area (Å²) in [5.41, 5.74) is 1.04. The zero-order valence-corrected chi connectivity index (χ0v) is 12.1. The lowest BCUT2D eigenvalue weighted by Crippen LogP contribution is -2.12. The van der Waals surface area contributed by atoms with E-state index in [2.05, 4.69) is 26.2 Å². The fraction of sp³-hybridized carbons (Fsp3) is 0. The summed E-state index contributed by atoms with van der Waals surface area (Å²) >= 11 is 14.9. The molecule has 1 aromatic carbocycles. The monoisotopic (exact) mass is 344 g/mol. The van der Waals surface area contributed by atoms with Crippen LogP contribution in [0.2, 0.25) is 10.0 Å². The number of pyridine rings is 1. The van der Waals surface area contributed by atoms with E-state index in [4.69, 9.17) is 23.2 Å². The van der Waals surface area contributed by atoms with Gasteiger partial charge in [0.1, 0.15) is 4.60 Å². The molecule has 0 atom stereocenters. The molecule has 0 unspecified atom stereocenters. The van der Waals surface area contributed by atoms with Crippen LogP contribution < -0.4 is 5.32 Å². The van der Waals surface area contributed by atoms with Gasteiger partial charge in [-0.1, -0.05) is 23.2 Å². The van der Waals surface area contributed by atoms with Gasteiger partial charge in [-0.05, 0) is 46.3 Å². The second-order valence-electron chi connectivity index (χ2n) is 3.45. The third kappa shape index (κ3) is 3.22. The van der Waals surface area contributed by atoms with Gasteiger partial charge in [-0.15, -0.1) is 0 Å². The molecule has 1 heterocycles. The minimum absolute atomic E-state index is 0.256. The van der Waals surface area contributed by atoms with E-state index in [0.717, 1.165) is 0 Å². The molecule has 0 radical (unpaired) electrons. The van der Waals surface area contributed by atoms with Crippen LogP contribution in [0.1, 0.15) is 10.4 Å². The van der Waals surface area contributed by atoms with Crippen molar-refractivity contribution in [2.45, 2.75) is 0 Å². The molecule has 18 heavy (non-hydrogen) atoms. The van der Waals surface area contributed by atoms with Crippen molar-refractivity contribution in [1.82, 2.24) is 4.98 Å². The Labute approximate surface area is 122 Å². The second-order valence-corrected chi connectivity index (χ2v) is 5.08. The molecule has 0 aliphatic rings. The van der Waals surface area contributed by atoms with Crippen molar-refractivity contribution < 1.29 is 4.79 Å². The summed E-state index contributed by atoms with van der Waals surface area (Å²) in [6, 6.07) is 8.26. The normalized spacial score (nSPS) is 10.2. The lowest BCUT2D eigenvalue weighted by Gasteiger charge is -2.06. The van der Waals surface area contributed by atoms with E-state index in [-0.39, 0.29) is 5.91 Å². The molecule has 0 bridgehead atoms. The molecule has 2 aromatic rings. The molecule has 0 spiro atoms. The quantitative estimate of drug-likeness (QED) is 0.819. The van der Waals surface area contributed by atoms with Crippen LogP contribution in [0.15, 0.2) is 41.1 Å². The van der Waals surface area contributed by atoms with Crippen LogP contribution in [0.4, 0.5) is 5.69 Å². The average molecular weight is 346 g/mol. The summed E-state index contributed by atoms with van der Waals surface area (Å²) in [5, 5.41) is 3.54. The van der Waals surface area contributed by atoms with E-state index in [9.17, 15) is 4.79 Å². The summed E-state index contributed by atoms with van der Waals surface area (Å²) in [6.45, 7) is 0. The molecule has 92 valence electrons. The van der Waals surface area contributed by atoms with Gasteiger partial charge < -0.3 is 5.32 Å². The van der Waals surface area contributed by atoms with Gasteiger partial charge >= 0.3 is 0 Å². The van der Waals surface area contributed by atoms with Crippen molar-refractivity contribution in [3.05, 3.63) is 56.7 Å². The Morgan fingerprint density at radius 2 is 1.94 bits per heavy atom. The highest BCUT2D eigenvalue weighted by molar-refractivity contribution is 9.10. The number of aromatic nitrogens is 1. The van der Waals surface area contributed by atoms with E-state index < -0.39 is 0 Å². The highest BCUT2D eigenvalue weighted by Gasteiger charge is 2.07. The summed E-state index contributed by atoms with van der Waals surface area (Å²) in [6.07, 6.45) is 1.48. The minimum Gasteiger partial charge on any atom is -0.322 e. The molecule has 2 rings (SSSR count). The summed E-state index contributed by atoms with van der Waals surface area (Å²) < 4.78 is 0.675. The highest BCUT2D eigenvalue weighted by atomic mass is 79.9. The van der Waals surface area contributed by atoms with E-state index in [1.165, 1.54) is 6.20 Å². The van der Waals surface area contributed by atoms with Gasteiger partial charge in [-0.2, -0.15) is 0 Å². The molecule has 0 saturated heterocycles. The average Bonchev–Trinajstić information content (AvgIpc) is 2.34. The standard InChI is InChI=1S/C12H7BrCl2N2O/c13-11-4-1-7(6-16-11)12(18)17-8-2-3-9(14)10(15)5-8/h1-6H,(H,17,18). The smallest absolute Gasteiger partial charge is 0.257 e. The minimum atomic E-state index is -0.256. The van der Waals surface area contributed by atoms with Crippen LogP contribution in [0.3, 0.4) is 0 Å². The molecule has 1 amide bonds. The van der Waals surface area contributed by atoms with E-state index in [1.54, 1.807) is 30.3 Å². The molecular formula is C12H7BrCl2N2O. The molecular weight excluding hydrogens is 339 g/mol. The number of amides is 1. The Hall–Kier alpha value is -1.10. The number of carbonyl (C=O) groups is 1. The number of hydrogen-bond donors (Lipinski definition) is 1. The number of hydrogen-bond acceptors (Lipinski definition) is 2. The number of halogens is 3. The predicted octanol–water partition coefficient (Wildman–Crippen LogP) is 4.40. The van der Waals surface area contributed by atoms with Gasteiger partial charge in [-0.3, -0.25) is 4.79 Å². The number of nitrogens with zero attached hydrogens (tertiary/aromatic N) is 1. The molecule has 0 aliphatic heterocycles. The van der Waals surface area contributed by atoms with Crippen LogP contribution in [-0.2, 0) is 0 Å². The fourth-order valence-electron chi connectivity index (χ4n) is 1.29. The maximum atomic E-state index is 11.9. The number of carbonyl (C=O) groups excluding carboxylic acids is 1. The molecule has 0 aliphatic carbocycles. The van der Waals surface area contributed by atoms with Gasteiger partial charge in [0.25, 0.3) is 5.91 Å². The predicted molar refractivity (Wildman–Crippen MR) is 76.4 cm³/mol. The van der Waals surface area contributed by atoms with E-state index in [1.807, 2.05) is 0 Å². The van der Waals surface area contributed by atoms with Crippen molar-refractivity contribution in [3.8, 4) is 0 Å². The van der Waals surface area contributed by atoms with Crippen molar-refractivity contribution in [2.75, 3.05) is 5.32 Å². The van der Waals surface area contributed by atoms with Gasteiger partial charge in [0, 0.05) is 11.9 Å². The largest absolute Gasteiger partial charge is 0.322 e. The molecule has 6 heteroatoms. The summed E-state index contributed by atoms with van der Waals surface area (Å²) in [7, 11) is 0. The first-order valence-electron chi connectivity index (χ1n) is 4.94. The Bertz CT molecular complexity index is 587. The Morgan fingerprint density at radius 3 is 2.56 bits per heavy atom. The summed E-state index contributed by atoms with van der Waals surface area (Å²) in [5.74, 6) is -0.256. The number of rotatable bonds is 2. The maximum Gasteiger partial charge on any atom is 0.257 e. The Kier molecular flexibility index (Phi) is 4.22. The van der Waals surface area contributed by atoms with E-state index >= 15 is 0 Å². The SMILES string of the molecule is O=C(Nc1ccc(Cl)c(Cl)c1)c1ccc(Br)nc1. The van der Waals surface area contributed by atoms with Crippen LogP contribution in [0.5, 0.6) is 0 Å². The number of nitrogens with one attached hydrogen (secondary N) is 1. The third-order valence-electron chi connectivity index (χ3n) is 2.17. The van der Waals surface area contributed by atoms with Crippen molar-refractivity contribution in [3.63, 3.8) is 0 Å². The van der Waals surface area contributed by atoms with Crippen LogP contribution in [-0.4, -0.2) is 10.9 Å². The number of anilines is 1. The summed E-state index contributed by atoms with van der Waals surface area (Å²) in [4.78, 5) is 15.9. The fourth-order valence-corrected chi connectivity index (χ4v) is 1.82. The highest BCUT2D eigenvalue weighted by Crippen LogP contribution is 2.25. The third-order valence-corrected chi connectivity index (χ3v) is 3.38. The lowest BCUT2D eigenvalue weighted by molar-refractivity contribution is 0.102. The lowest BCUT2D eigenvalue weighted by atomic mass is 10.2. The first-order valence-corrected chi connectivity index (χ1v) is 6.49. The van der Waals surface area contributed by atoms with E-state index in [0.29, 0.717) is 25.9 Å². The van der Waals surface area contributed by atoms with Crippen LogP contribution in [0, 0.1) is 0 Å². The van der Waals surface area contributed by atoms with Crippen molar-refractivity contribution in [1.29, 1.82) is 0 Å². The Morgan fingerprint density at radius 1 is 1.17 bits per heavy atom. The van der Waals surface area contributed by atoms with Gasteiger partial charge in [0.2, 0.25) is 0 Å². The number of benzene rings is 1. The van der Waals surface area contributed by atoms with Crippen LogP contribution >= 0.6 is 39.1 Å². The maximum absolute atomic E-state index is 11.9. The first kappa shape index (κ1) is 13.3. The van der Waals surface area contributed by atoms with Gasteiger partial charge in [-0.25, -0.2) is 4.98 Å². The second kappa shape index (κ2) is 5.69. The molecule has 1 N–H and O–H groups in total. The first-order chi connectivity index (χ1) is 8.56. The van der Waals surface area contributed by atoms with Crippen LogP contribution in [0.25, 0.3) is 0 Å². The topological polar surface area (TPSA) is 42.0 Å². The molecule has 0 fully saturated rings. The Balaban J connectivity index is 2.16.